The molecule has 0 saturated heterocycles. The molecule has 4 aromatic heterocycles. The zero-order chi connectivity index (χ0) is 22.7. The number of hydrogen-bond donors (Lipinski definition) is 0. The first kappa shape index (κ1) is 17.8. The number of hydrogen-bond acceptors (Lipinski definition) is 3. The van der Waals surface area contributed by atoms with E-state index >= 15 is 0 Å². The van der Waals surface area contributed by atoms with E-state index in [1.165, 1.54) is 44.5 Å². The molecule has 9 rings (SSSR count). The van der Waals surface area contributed by atoms with Crippen LogP contribution in [0.4, 0.5) is 0 Å². The quantitative estimate of drug-likeness (QED) is 0.243. The molecule has 2 aliphatic carbocycles. The van der Waals surface area contributed by atoms with Crippen molar-refractivity contribution in [2.24, 2.45) is 0 Å². The molecule has 0 amide bonds. The van der Waals surface area contributed by atoms with Crippen LogP contribution in [-0.4, -0.2) is 19.4 Å². The van der Waals surface area contributed by atoms with E-state index in [-0.39, 0.29) is 0 Å². The molecule has 0 atom stereocenters. The fourth-order valence-corrected chi connectivity index (χ4v) is 6.55. The maximum Gasteiger partial charge on any atom is 0.146 e. The third kappa shape index (κ3) is 2.11. The van der Waals surface area contributed by atoms with Crippen LogP contribution in [0.2, 0.25) is 0 Å². The highest BCUT2D eigenvalue weighted by Gasteiger charge is 2.30. The second-order valence-corrected chi connectivity index (χ2v) is 9.69. The molecule has 4 nitrogen and oxygen atoms in total. The number of imidazole rings is 1. The molecule has 3 aromatic carbocycles. The van der Waals surface area contributed by atoms with Crippen LogP contribution in [0.25, 0.3) is 60.6 Å². The van der Waals surface area contributed by atoms with Crippen molar-refractivity contribution in [3.05, 3.63) is 108 Å². The van der Waals surface area contributed by atoms with Crippen LogP contribution in [0, 0.1) is 0 Å². The lowest BCUT2D eigenvalue weighted by atomic mass is 9.94. The normalized spacial score (nSPS) is 13.5. The average Bonchev–Trinajstić information content (AvgIpc) is 3.59. The van der Waals surface area contributed by atoms with Gasteiger partial charge >= 0.3 is 0 Å². The summed E-state index contributed by atoms with van der Waals surface area (Å²) in [6.07, 6.45) is 9.53. The number of nitrogens with zero attached hydrogens (tertiary/aromatic N) is 4. The van der Waals surface area contributed by atoms with Gasteiger partial charge in [-0.1, -0.05) is 42.5 Å². The lowest BCUT2D eigenvalue weighted by Gasteiger charge is -2.10. The summed E-state index contributed by atoms with van der Waals surface area (Å²) in [7, 11) is 0. The molecule has 0 spiro atoms. The summed E-state index contributed by atoms with van der Waals surface area (Å²) in [6.45, 7) is 0. The molecule has 0 unspecified atom stereocenters. The zero-order valence-electron chi connectivity index (χ0n) is 18.8. The zero-order valence-corrected chi connectivity index (χ0v) is 18.8. The predicted octanol–water partition coefficient (Wildman–Crippen LogP) is 6.73. The monoisotopic (exact) mass is 446 g/mol. The van der Waals surface area contributed by atoms with Crippen molar-refractivity contribution in [2.45, 2.75) is 12.8 Å². The molecule has 0 radical (unpaired) electrons. The highest BCUT2D eigenvalue weighted by atomic mass is 15.0. The first-order valence-electron chi connectivity index (χ1n) is 12.0. The van der Waals surface area contributed by atoms with E-state index in [4.69, 9.17) is 4.98 Å². The lowest BCUT2D eigenvalue weighted by molar-refractivity contribution is 1.24. The fraction of sp³-hybridized carbons (Fsp3) is 0.0645. The van der Waals surface area contributed by atoms with Gasteiger partial charge in [-0.3, -0.25) is 14.4 Å². The smallest absolute Gasteiger partial charge is 0.146 e. The largest absolute Gasteiger partial charge is 0.290 e. The molecule has 0 bridgehead atoms. The summed E-state index contributed by atoms with van der Waals surface area (Å²) < 4.78 is 2.28. The van der Waals surface area contributed by atoms with Crippen molar-refractivity contribution in [2.75, 3.05) is 0 Å². The molecule has 0 saturated carbocycles. The first-order chi connectivity index (χ1) is 17.4. The Bertz CT molecular complexity index is 2070. The Kier molecular flexibility index (Phi) is 3.11. The number of pyridine rings is 3. The van der Waals surface area contributed by atoms with Crippen molar-refractivity contribution in [1.82, 2.24) is 19.4 Å². The van der Waals surface area contributed by atoms with E-state index in [2.05, 4.69) is 75.0 Å². The summed E-state index contributed by atoms with van der Waals surface area (Å²) in [5, 5.41) is 3.38. The minimum absolute atomic E-state index is 0.914. The maximum absolute atomic E-state index is 5.29. The molecule has 2 aliphatic rings. The van der Waals surface area contributed by atoms with Crippen LogP contribution < -0.4 is 0 Å². The highest BCUT2D eigenvalue weighted by Crippen LogP contribution is 2.50. The van der Waals surface area contributed by atoms with Crippen LogP contribution in [0.3, 0.4) is 0 Å². The molecule has 0 fully saturated rings. The Morgan fingerprint density at radius 2 is 1.40 bits per heavy atom. The topological polar surface area (TPSA) is 43.1 Å². The van der Waals surface area contributed by atoms with Gasteiger partial charge in [0.05, 0.1) is 22.7 Å². The summed E-state index contributed by atoms with van der Waals surface area (Å²) in [5.74, 6) is 0. The fourth-order valence-electron chi connectivity index (χ4n) is 6.55. The molecular weight excluding hydrogens is 428 g/mol. The predicted molar refractivity (Wildman–Crippen MR) is 140 cm³/mol. The van der Waals surface area contributed by atoms with Gasteiger partial charge in [-0.2, -0.15) is 0 Å². The van der Waals surface area contributed by atoms with Crippen molar-refractivity contribution < 1.29 is 0 Å². The summed E-state index contributed by atoms with van der Waals surface area (Å²) >= 11 is 0. The maximum atomic E-state index is 5.29. The van der Waals surface area contributed by atoms with E-state index in [0.717, 1.165) is 51.2 Å². The summed E-state index contributed by atoms with van der Waals surface area (Å²) in [5.41, 5.74) is 15.4. The molecule has 0 N–H and O–H groups in total. The molecule has 4 heteroatoms. The highest BCUT2D eigenvalue weighted by molar-refractivity contribution is 6.14. The van der Waals surface area contributed by atoms with Crippen molar-refractivity contribution in [3.8, 4) is 22.3 Å². The van der Waals surface area contributed by atoms with E-state index in [0.29, 0.717) is 0 Å². The molecule has 162 valence electrons. The van der Waals surface area contributed by atoms with Gasteiger partial charge in [0.15, 0.2) is 0 Å². The van der Waals surface area contributed by atoms with Gasteiger partial charge in [-0.15, -0.1) is 0 Å². The van der Waals surface area contributed by atoms with Gasteiger partial charge < -0.3 is 0 Å². The SMILES string of the molecule is c1ccc2c(c1)Cc1ccc3c(c1-2)-c1ccc2c(nc4c5ccncc5c5ccncc5n24)c1C3. The van der Waals surface area contributed by atoms with Gasteiger partial charge in [0.1, 0.15) is 5.65 Å². The van der Waals surface area contributed by atoms with E-state index < -0.39 is 0 Å². The summed E-state index contributed by atoms with van der Waals surface area (Å²) in [6, 6.07) is 22.3. The Balaban J connectivity index is 1.42. The minimum atomic E-state index is 0.914. The van der Waals surface area contributed by atoms with Crippen LogP contribution in [-0.2, 0) is 12.8 Å². The van der Waals surface area contributed by atoms with Crippen molar-refractivity contribution in [1.29, 1.82) is 0 Å². The average molecular weight is 447 g/mol. The number of benzene rings is 3. The van der Waals surface area contributed by atoms with E-state index in [1.54, 1.807) is 0 Å². The number of fused-ring (bicyclic) bond motifs is 16. The second kappa shape index (κ2) is 6.10. The molecule has 35 heavy (non-hydrogen) atoms. The van der Waals surface area contributed by atoms with Crippen LogP contribution in [0.15, 0.2) is 85.5 Å². The van der Waals surface area contributed by atoms with E-state index in [9.17, 15) is 0 Å². The molecular formula is C31H18N4. The van der Waals surface area contributed by atoms with Crippen LogP contribution in [0.1, 0.15) is 22.3 Å². The lowest BCUT2D eigenvalue weighted by Crippen LogP contribution is -1.92. The Morgan fingerprint density at radius 3 is 2.34 bits per heavy atom. The van der Waals surface area contributed by atoms with Gasteiger partial charge in [0.25, 0.3) is 0 Å². The Hall–Kier alpha value is -4.57. The van der Waals surface area contributed by atoms with Gasteiger partial charge in [0, 0.05) is 41.2 Å². The first-order valence-corrected chi connectivity index (χ1v) is 12.0. The van der Waals surface area contributed by atoms with Crippen molar-refractivity contribution in [3.63, 3.8) is 0 Å². The third-order valence-corrected chi connectivity index (χ3v) is 8.01. The molecule has 0 aliphatic heterocycles. The van der Waals surface area contributed by atoms with Crippen LogP contribution >= 0.6 is 0 Å². The Morgan fingerprint density at radius 1 is 0.600 bits per heavy atom. The summed E-state index contributed by atoms with van der Waals surface area (Å²) in [4.78, 5) is 14.1. The Labute approximate surface area is 200 Å². The van der Waals surface area contributed by atoms with Crippen molar-refractivity contribution >= 4 is 38.4 Å². The second-order valence-electron chi connectivity index (χ2n) is 9.69. The van der Waals surface area contributed by atoms with Gasteiger partial charge in [0.2, 0.25) is 0 Å². The number of rotatable bonds is 0. The molecule has 7 aromatic rings. The third-order valence-electron chi connectivity index (χ3n) is 8.01. The van der Waals surface area contributed by atoms with Crippen LogP contribution in [0.5, 0.6) is 0 Å². The van der Waals surface area contributed by atoms with Gasteiger partial charge in [-0.25, -0.2) is 4.98 Å². The van der Waals surface area contributed by atoms with E-state index in [1.807, 2.05) is 24.8 Å². The minimum Gasteiger partial charge on any atom is -0.290 e. The number of aromatic nitrogens is 4. The standard InChI is InChI=1S/C31H18N4/c1-2-4-20-17(3-1)13-18-5-6-19-14-24-22(29(19)28(18)20)7-8-26-30(24)34-31-23-10-12-32-15-25(23)21-9-11-33-16-27(21)35(26)31/h1-12,15-16H,13-14H2. The van der Waals surface area contributed by atoms with Gasteiger partial charge in [-0.05, 0) is 69.1 Å². The molecule has 4 heterocycles.